The molecule has 2 aromatic carbocycles. The second kappa shape index (κ2) is 15.1. The zero-order valence-corrected chi connectivity index (χ0v) is 23.7. The van der Waals surface area contributed by atoms with E-state index in [2.05, 4.69) is 47.3 Å². The van der Waals surface area contributed by atoms with E-state index in [1.807, 2.05) is 49.4 Å². The monoisotopic (exact) mass is 533 g/mol. The van der Waals surface area contributed by atoms with Crippen LogP contribution in [0.4, 0.5) is 22.7 Å². The molecule has 0 spiro atoms. The summed E-state index contributed by atoms with van der Waals surface area (Å²) in [4.78, 5) is 22.2. The van der Waals surface area contributed by atoms with Crippen molar-refractivity contribution in [3.05, 3.63) is 71.6 Å². The van der Waals surface area contributed by atoms with Crippen molar-refractivity contribution in [1.29, 1.82) is 0 Å². The number of nitrogens with zero attached hydrogens (tertiary/aromatic N) is 3. The Morgan fingerprint density at radius 3 is 2.08 bits per heavy atom. The third-order valence-corrected chi connectivity index (χ3v) is 6.76. The number of likely N-dealkylation sites (N-methyl/N-ethyl adjacent to an activating group) is 2. The standard InChI is InChI=1S/C31H43N5O3/c1-5-8-15-32-28-22-31(39)30(34-27-14-13-26(20-23(27)4)36(7-3)17-19-38)21-29(28)33-24-9-11-25(12-10-24)35(6-2)16-18-37/h9-14,20-22,32,34,37-38H,5-8,15-19H2,1-4H3/b33-29-. The average Bonchev–Trinajstić information content (AvgIpc) is 2.94. The Kier molecular flexibility index (Phi) is 11.6. The van der Waals surface area contributed by atoms with Crippen LogP contribution in [0, 0.1) is 6.92 Å². The highest BCUT2D eigenvalue weighted by Crippen LogP contribution is 2.26. The van der Waals surface area contributed by atoms with Crippen LogP contribution in [0.2, 0.25) is 0 Å². The molecule has 39 heavy (non-hydrogen) atoms. The predicted molar refractivity (Wildman–Crippen MR) is 162 cm³/mol. The fourth-order valence-electron chi connectivity index (χ4n) is 4.49. The van der Waals surface area contributed by atoms with Gasteiger partial charge in [-0.1, -0.05) is 13.3 Å². The van der Waals surface area contributed by atoms with Gasteiger partial charge in [-0.2, -0.15) is 0 Å². The van der Waals surface area contributed by atoms with Gasteiger partial charge >= 0.3 is 0 Å². The number of nitrogens with one attached hydrogen (secondary N) is 2. The summed E-state index contributed by atoms with van der Waals surface area (Å²) in [7, 11) is 0. The van der Waals surface area contributed by atoms with Crippen molar-refractivity contribution in [2.45, 2.75) is 40.5 Å². The van der Waals surface area contributed by atoms with Gasteiger partial charge in [-0.3, -0.25) is 4.79 Å². The molecule has 8 heteroatoms. The van der Waals surface area contributed by atoms with Gasteiger partial charge in [-0.05, 0) is 81.3 Å². The van der Waals surface area contributed by atoms with Crippen LogP contribution in [0.15, 0.2) is 71.0 Å². The van der Waals surface area contributed by atoms with Gasteiger partial charge in [-0.15, -0.1) is 0 Å². The van der Waals surface area contributed by atoms with Crippen LogP contribution in [0.3, 0.4) is 0 Å². The van der Waals surface area contributed by atoms with Crippen molar-refractivity contribution in [3.8, 4) is 0 Å². The molecule has 2 aromatic rings. The highest BCUT2D eigenvalue weighted by atomic mass is 16.3. The molecule has 0 radical (unpaired) electrons. The minimum Gasteiger partial charge on any atom is -0.395 e. The lowest BCUT2D eigenvalue weighted by Gasteiger charge is -2.24. The molecule has 8 nitrogen and oxygen atoms in total. The number of aryl methyl sites for hydroxylation is 1. The Bertz CT molecular complexity index is 1190. The first-order valence-electron chi connectivity index (χ1n) is 13.9. The molecule has 0 amide bonds. The number of carbonyl (C=O) groups excluding carboxylic acids is 1. The van der Waals surface area contributed by atoms with Crippen LogP contribution < -0.4 is 20.4 Å². The number of aliphatic hydroxyl groups excluding tert-OH is 2. The molecule has 1 aliphatic carbocycles. The van der Waals surface area contributed by atoms with Crippen LogP contribution in [-0.2, 0) is 4.79 Å². The molecule has 0 heterocycles. The molecule has 0 aromatic heterocycles. The lowest BCUT2D eigenvalue weighted by molar-refractivity contribution is -0.111. The summed E-state index contributed by atoms with van der Waals surface area (Å²) in [5.41, 5.74) is 6.57. The van der Waals surface area contributed by atoms with E-state index < -0.39 is 0 Å². The quantitative estimate of drug-likeness (QED) is 0.197. The molecule has 3 rings (SSSR count). The maximum absolute atomic E-state index is 13.1. The number of ketones is 1. The number of allylic oxidation sites excluding steroid dienone is 2. The number of unbranched alkanes of at least 4 members (excludes halogenated alkanes) is 1. The normalized spacial score (nSPS) is 14.2. The van der Waals surface area contributed by atoms with E-state index >= 15 is 0 Å². The third-order valence-electron chi connectivity index (χ3n) is 6.76. The molecule has 210 valence electrons. The van der Waals surface area contributed by atoms with Gasteiger partial charge in [0.25, 0.3) is 0 Å². The number of hydrogen-bond acceptors (Lipinski definition) is 8. The van der Waals surface area contributed by atoms with E-state index in [0.29, 0.717) is 30.2 Å². The highest BCUT2D eigenvalue weighted by Gasteiger charge is 2.20. The smallest absolute Gasteiger partial charge is 0.204 e. The Morgan fingerprint density at radius 2 is 1.49 bits per heavy atom. The van der Waals surface area contributed by atoms with E-state index in [9.17, 15) is 15.0 Å². The summed E-state index contributed by atoms with van der Waals surface area (Å²) in [6.07, 6.45) is 5.48. The van der Waals surface area contributed by atoms with E-state index in [4.69, 9.17) is 4.99 Å². The van der Waals surface area contributed by atoms with Gasteiger partial charge in [0.15, 0.2) is 0 Å². The van der Waals surface area contributed by atoms with Gasteiger partial charge in [0.1, 0.15) is 0 Å². The minimum atomic E-state index is -0.107. The van der Waals surface area contributed by atoms with Gasteiger partial charge in [0.05, 0.1) is 36.0 Å². The van der Waals surface area contributed by atoms with E-state index in [0.717, 1.165) is 60.8 Å². The van der Waals surface area contributed by atoms with Crippen LogP contribution in [0.25, 0.3) is 0 Å². The largest absolute Gasteiger partial charge is 0.395 e. The number of carbonyl (C=O) groups is 1. The van der Waals surface area contributed by atoms with Crippen LogP contribution in [0.1, 0.15) is 39.2 Å². The molecule has 0 saturated carbocycles. The van der Waals surface area contributed by atoms with Crippen LogP contribution >= 0.6 is 0 Å². The Morgan fingerprint density at radius 1 is 0.846 bits per heavy atom. The molecule has 0 atom stereocenters. The van der Waals surface area contributed by atoms with Gasteiger partial charge in [0.2, 0.25) is 5.78 Å². The molecule has 0 saturated heterocycles. The second-order valence-corrected chi connectivity index (χ2v) is 9.50. The van der Waals surface area contributed by atoms with Gasteiger partial charge < -0.3 is 30.6 Å². The molecule has 4 N–H and O–H groups in total. The summed E-state index contributed by atoms with van der Waals surface area (Å²) >= 11 is 0. The first kappa shape index (κ1) is 29.9. The molecular weight excluding hydrogens is 490 g/mol. The van der Waals surface area contributed by atoms with E-state index in [1.54, 1.807) is 6.08 Å². The Labute approximate surface area is 232 Å². The molecule has 0 fully saturated rings. The topological polar surface area (TPSA) is 100 Å². The Balaban J connectivity index is 1.89. The number of aliphatic imine (C=N–C) groups is 1. The second-order valence-electron chi connectivity index (χ2n) is 9.50. The summed E-state index contributed by atoms with van der Waals surface area (Å²) < 4.78 is 0. The number of aliphatic hydroxyl groups is 2. The number of rotatable bonds is 15. The van der Waals surface area contributed by atoms with Crippen molar-refractivity contribution < 1.29 is 15.0 Å². The number of benzene rings is 2. The first-order valence-corrected chi connectivity index (χ1v) is 13.9. The molecule has 1 aliphatic rings. The third kappa shape index (κ3) is 8.18. The van der Waals surface area contributed by atoms with Crippen molar-refractivity contribution in [1.82, 2.24) is 5.32 Å². The summed E-state index contributed by atoms with van der Waals surface area (Å²) in [6, 6.07) is 14.0. The van der Waals surface area contributed by atoms with Crippen molar-refractivity contribution in [3.63, 3.8) is 0 Å². The van der Waals surface area contributed by atoms with Crippen molar-refractivity contribution in [2.75, 3.05) is 61.1 Å². The first-order chi connectivity index (χ1) is 18.9. The maximum Gasteiger partial charge on any atom is 0.204 e. The zero-order chi connectivity index (χ0) is 28.2. The SMILES string of the molecule is CCCCNC1=CC(=O)C(Nc2ccc(N(CC)CCO)cc2C)=C/C1=N/c1ccc(N(CC)CCO)cc1. The summed E-state index contributed by atoms with van der Waals surface area (Å²) in [5.74, 6) is -0.107. The predicted octanol–water partition coefficient (Wildman–Crippen LogP) is 4.56. The van der Waals surface area contributed by atoms with E-state index in [1.165, 1.54) is 0 Å². The summed E-state index contributed by atoms with van der Waals surface area (Å²) in [6.45, 7) is 12.0. The molecule has 0 bridgehead atoms. The molecule has 0 unspecified atom stereocenters. The maximum atomic E-state index is 13.1. The molecule has 0 aliphatic heterocycles. The fourth-order valence-corrected chi connectivity index (χ4v) is 4.49. The molecular formula is C31H43N5O3. The Hall–Kier alpha value is -3.62. The lowest BCUT2D eigenvalue weighted by atomic mass is 10.0. The fraction of sp³-hybridized carbons (Fsp3) is 0.419. The minimum absolute atomic E-state index is 0.0968. The van der Waals surface area contributed by atoms with Crippen molar-refractivity contribution in [2.24, 2.45) is 4.99 Å². The van der Waals surface area contributed by atoms with E-state index in [-0.39, 0.29) is 19.0 Å². The van der Waals surface area contributed by atoms with Gasteiger partial charge in [0, 0.05) is 55.9 Å². The average molecular weight is 534 g/mol. The highest BCUT2D eigenvalue weighted by molar-refractivity contribution is 6.23. The summed E-state index contributed by atoms with van der Waals surface area (Å²) in [5, 5.41) is 25.4. The van der Waals surface area contributed by atoms with Crippen LogP contribution in [-0.4, -0.2) is 67.6 Å². The van der Waals surface area contributed by atoms with Gasteiger partial charge in [-0.25, -0.2) is 4.99 Å². The van der Waals surface area contributed by atoms with Crippen LogP contribution in [0.5, 0.6) is 0 Å². The number of hydrogen-bond donors (Lipinski definition) is 4. The number of anilines is 3. The lowest BCUT2D eigenvalue weighted by Crippen LogP contribution is -2.27. The zero-order valence-electron chi connectivity index (χ0n) is 23.7. The van der Waals surface area contributed by atoms with Crippen molar-refractivity contribution >= 4 is 34.2 Å².